The molecule has 0 amide bonds. The average molecular weight is 399 g/mol. The molecule has 1 unspecified atom stereocenters. The van der Waals surface area contributed by atoms with Gasteiger partial charge in [0, 0.05) is 43.0 Å². The van der Waals surface area contributed by atoms with E-state index in [0.717, 1.165) is 46.6 Å². The van der Waals surface area contributed by atoms with Crippen molar-refractivity contribution in [2.75, 3.05) is 18.9 Å². The van der Waals surface area contributed by atoms with Crippen LogP contribution in [-0.4, -0.2) is 19.8 Å². The van der Waals surface area contributed by atoms with E-state index in [9.17, 15) is 4.39 Å². The molecule has 0 saturated carbocycles. The van der Waals surface area contributed by atoms with E-state index >= 15 is 0 Å². The van der Waals surface area contributed by atoms with Crippen LogP contribution >= 0.6 is 11.6 Å². The monoisotopic (exact) mass is 398 g/mol. The number of allylic oxidation sites excluding steroid dienone is 1. The van der Waals surface area contributed by atoms with Crippen LogP contribution in [0.15, 0.2) is 54.2 Å². The summed E-state index contributed by atoms with van der Waals surface area (Å²) in [5, 5.41) is 17.5. The van der Waals surface area contributed by atoms with Crippen molar-refractivity contribution < 1.29 is 4.39 Å². The van der Waals surface area contributed by atoms with Gasteiger partial charge in [-0.25, -0.2) is 4.39 Å². The van der Waals surface area contributed by atoms with Crippen molar-refractivity contribution in [3.63, 3.8) is 0 Å². The molecule has 0 bridgehead atoms. The highest BCUT2D eigenvalue weighted by atomic mass is 35.5. The van der Waals surface area contributed by atoms with Gasteiger partial charge in [-0.15, -0.1) is 0 Å². The first-order valence-electron chi connectivity index (χ1n) is 9.24. The molecule has 0 radical (unpaired) electrons. The Hall–Kier alpha value is -2.79. The van der Waals surface area contributed by atoms with E-state index in [-0.39, 0.29) is 11.1 Å². The van der Waals surface area contributed by atoms with Crippen LogP contribution < -0.4 is 16.0 Å². The largest absolute Gasteiger partial charge is 0.388 e. The van der Waals surface area contributed by atoms with Crippen molar-refractivity contribution in [2.24, 2.45) is 0 Å². The highest BCUT2D eigenvalue weighted by Crippen LogP contribution is 2.30. The molecule has 146 valence electrons. The highest BCUT2D eigenvalue weighted by molar-refractivity contribution is 6.30. The van der Waals surface area contributed by atoms with Crippen LogP contribution in [0.25, 0.3) is 5.70 Å². The third-order valence-corrected chi connectivity index (χ3v) is 5.05. The summed E-state index contributed by atoms with van der Waals surface area (Å²) in [6, 6.07) is 10.7. The fourth-order valence-electron chi connectivity index (χ4n) is 3.17. The minimum absolute atomic E-state index is 0.119. The van der Waals surface area contributed by atoms with E-state index in [1.807, 2.05) is 37.5 Å². The fraction of sp³-hybridized carbons (Fsp3) is 0.227. The number of nitrogens with one attached hydrogen (secondary N) is 4. The second-order valence-electron chi connectivity index (χ2n) is 6.57. The summed E-state index contributed by atoms with van der Waals surface area (Å²) in [5.74, 6) is -0.423. The van der Waals surface area contributed by atoms with E-state index in [2.05, 4.69) is 29.0 Å². The molecule has 0 spiro atoms. The van der Waals surface area contributed by atoms with Gasteiger partial charge in [0.25, 0.3) is 0 Å². The Morgan fingerprint density at radius 2 is 2.11 bits per heavy atom. The zero-order valence-corrected chi connectivity index (χ0v) is 16.7. The molecule has 6 heteroatoms. The van der Waals surface area contributed by atoms with E-state index < -0.39 is 5.82 Å². The van der Waals surface area contributed by atoms with Gasteiger partial charge in [0.2, 0.25) is 0 Å². The van der Waals surface area contributed by atoms with Gasteiger partial charge in [0.05, 0.1) is 11.1 Å². The normalized spacial score (nSPS) is 14.4. The minimum atomic E-state index is -0.423. The van der Waals surface area contributed by atoms with Crippen LogP contribution in [0.3, 0.4) is 0 Å². The summed E-state index contributed by atoms with van der Waals surface area (Å²) in [5.41, 5.74) is 5.64. The number of anilines is 1. The first kappa shape index (κ1) is 20.0. The minimum Gasteiger partial charge on any atom is -0.388 e. The second kappa shape index (κ2) is 8.93. The molecule has 0 aliphatic carbocycles. The summed E-state index contributed by atoms with van der Waals surface area (Å²) in [6.45, 7) is 2.82. The SMILES string of the molecule is CC/C=C(\NC(C1=CNC1)c1ccc(Cl)c(F)c1)c1ccc(C=N)c(NC)c1. The number of benzene rings is 2. The van der Waals surface area contributed by atoms with Gasteiger partial charge in [0.1, 0.15) is 5.82 Å². The smallest absolute Gasteiger partial charge is 0.142 e. The van der Waals surface area contributed by atoms with Crippen molar-refractivity contribution in [2.45, 2.75) is 19.4 Å². The van der Waals surface area contributed by atoms with Crippen molar-refractivity contribution >= 4 is 29.2 Å². The fourth-order valence-corrected chi connectivity index (χ4v) is 3.29. The maximum absolute atomic E-state index is 14.1. The Morgan fingerprint density at radius 1 is 1.32 bits per heavy atom. The number of halogens is 2. The molecule has 3 rings (SSSR count). The van der Waals surface area contributed by atoms with E-state index in [4.69, 9.17) is 17.0 Å². The topological polar surface area (TPSA) is 59.9 Å². The van der Waals surface area contributed by atoms with E-state index in [1.54, 1.807) is 6.07 Å². The van der Waals surface area contributed by atoms with Crippen molar-refractivity contribution in [3.8, 4) is 0 Å². The maximum atomic E-state index is 14.1. The molecule has 28 heavy (non-hydrogen) atoms. The molecule has 1 aliphatic rings. The lowest BCUT2D eigenvalue weighted by Crippen LogP contribution is -2.33. The van der Waals surface area contributed by atoms with Crippen molar-refractivity contribution in [3.05, 3.63) is 81.8 Å². The third-order valence-electron chi connectivity index (χ3n) is 4.74. The average Bonchev–Trinajstić information content (AvgIpc) is 2.67. The number of hydrogen-bond acceptors (Lipinski definition) is 4. The first-order valence-corrected chi connectivity index (χ1v) is 9.61. The lowest BCUT2D eigenvalue weighted by molar-refractivity contribution is 0.609. The van der Waals surface area contributed by atoms with Crippen LogP contribution in [-0.2, 0) is 0 Å². The molecule has 2 aromatic carbocycles. The van der Waals surface area contributed by atoms with Gasteiger partial charge in [-0.2, -0.15) is 0 Å². The van der Waals surface area contributed by atoms with Crippen LogP contribution in [0.5, 0.6) is 0 Å². The molecule has 1 atom stereocenters. The Morgan fingerprint density at radius 3 is 2.68 bits per heavy atom. The van der Waals surface area contributed by atoms with Crippen LogP contribution in [0.2, 0.25) is 5.02 Å². The third kappa shape index (κ3) is 4.20. The van der Waals surface area contributed by atoms with Crippen LogP contribution in [0, 0.1) is 11.2 Å². The lowest BCUT2D eigenvalue weighted by atomic mass is 9.95. The van der Waals surface area contributed by atoms with Gasteiger partial charge < -0.3 is 21.4 Å². The van der Waals surface area contributed by atoms with Crippen molar-refractivity contribution in [1.82, 2.24) is 10.6 Å². The predicted octanol–water partition coefficient (Wildman–Crippen LogP) is 5.09. The molecule has 0 saturated heterocycles. The van der Waals surface area contributed by atoms with Crippen LogP contribution in [0.4, 0.5) is 10.1 Å². The summed E-state index contributed by atoms with van der Waals surface area (Å²) >= 11 is 5.87. The maximum Gasteiger partial charge on any atom is 0.142 e. The van der Waals surface area contributed by atoms with Gasteiger partial charge in [-0.3, -0.25) is 0 Å². The van der Waals surface area contributed by atoms with E-state index in [1.165, 1.54) is 12.3 Å². The molecular formula is C22H24ClFN4. The van der Waals surface area contributed by atoms with Gasteiger partial charge in [-0.05, 0) is 41.3 Å². The first-order chi connectivity index (χ1) is 13.6. The molecule has 4 N–H and O–H groups in total. The standard InChI is InChI=1S/C22H24ClFN4/c1-3-4-20(14-5-6-16(11-25)21(10-14)26-2)28-22(17-12-27-13-17)15-7-8-18(23)19(24)9-15/h4-12,22,25-28H,3,13H2,1-2H3/b20-4-,25-11?. The van der Waals surface area contributed by atoms with E-state index in [0.29, 0.717) is 0 Å². The summed E-state index contributed by atoms with van der Waals surface area (Å²) < 4.78 is 14.1. The molecule has 2 aromatic rings. The highest BCUT2D eigenvalue weighted by Gasteiger charge is 2.22. The van der Waals surface area contributed by atoms with Crippen molar-refractivity contribution in [1.29, 1.82) is 5.41 Å². The van der Waals surface area contributed by atoms with Gasteiger partial charge in [-0.1, -0.05) is 42.8 Å². The second-order valence-corrected chi connectivity index (χ2v) is 6.98. The molecule has 1 aliphatic heterocycles. The lowest BCUT2D eigenvalue weighted by Gasteiger charge is -2.30. The molecule has 0 aromatic heterocycles. The molecular weight excluding hydrogens is 375 g/mol. The Bertz CT molecular complexity index is 936. The Labute approximate surface area is 170 Å². The van der Waals surface area contributed by atoms with Gasteiger partial charge in [0.15, 0.2) is 0 Å². The molecule has 4 nitrogen and oxygen atoms in total. The Kier molecular flexibility index (Phi) is 6.37. The molecule has 0 fully saturated rings. The molecule has 1 heterocycles. The zero-order valence-electron chi connectivity index (χ0n) is 15.9. The van der Waals surface area contributed by atoms with Gasteiger partial charge >= 0.3 is 0 Å². The predicted molar refractivity (Wildman–Crippen MR) is 116 cm³/mol. The summed E-state index contributed by atoms with van der Waals surface area (Å²) in [4.78, 5) is 0. The quantitative estimate of drug-likeness (QED) is 0.468. The zero-order chi connectivity index (χ0) is 20.1. The number of hydrogen-bond donors (Lipinski definition) is 4. The number of rotatable bonds is 8. The Balaban J connectivity index is 1.98. The summed E-state index contributed by atoms with van der Waals surface area (Å²) in [7, 11) is 1.84. The van der Waals surface area contributed by atoms with Crippen LogP contribution in [0.1, 0.15) is 36.1 Å². The summed E-state index contributed by atoms with van der Waals surface area (Å²) in [6.07, 6.45) is 6.24.